The van der Waals surface area contributed by atoms with E-state index in [4.69, 9.17) is 1.37 Å². The van der Waals surface area contributed by atoms with Crippen LogP contribution in [-0.4, -0.2) is 31.6 Å². The van der Waals surface area contributed by atoms with Crippen LogP contribution in [0.1, 0.15) is 15.2 Å². The van der Waals surface area contributed by atoms with E-state index in [0.29, 0.717) is 13.1 Å². The molecule has 1 nitrogen and oxygen atoms in total. The highest BCUT2D eigenvalue weighted by Gasteiger charge is 2.10. The zero-order valence-electron chi connectivity index (χ0n) is 6.73. The molecule has 0 saturated heterocycles. The number of hydrogen-bond acceptors (Lipinski definition) is 0. The van der Waals surface area contributed by atoms with Crippen molar-refractivity contribution >= 4 is 0 Å². The lowest BCUT2D eigenvalue weighted by atomic mass is 10.3. The van der Waals surface area contributed by atoms with Crippen LogP contribution in [0.15, 0.2) is 0 Å². The maximum atomic E-state index is 7.11. The smallest absolute Gasteiger partial charge is 0.0886 e. The van der Waals surface area contributed by atoms with Crippen LogP contribution in [0.2, 0.25) is 0 Å². The molecule has 0 unspecified atom stereocenters. The van der Waals surface area contributed by atoms with E-state index in [9.17, 15) is 0 Å². The lowest BCUT2D eigenvalue weighted by Gasteiger charge is -2.28. The maximum absolute atomic E-state index is 7.11. The zero-order valence-corrected chi connectivity index (χ0v) is 5.73. The molecule has 0 aliphatic carbocycles. The molecule has 1 heteroatoms. The van der Waals surface area contributed by atoms with Gasteiger partial charge in [-0.25, -0.2) is 0 Å². The van der Waals surface area contributed by atoms with Gasteiger partial charge in [-0.2, -0.15) is 0 Å². The first-order valence-corrected chi connectivity index (χ1v) is 2.62. The molecule has 0 aliphatic heterocycles. The molecular formula is C6H16N+. The predicted molar refractivity (Wildman–Crippen MR) is 33.2 cm³/mol. The van der Waals surface area contributed by atoms with Crippen molar-refractivity contribution in [2.45, 2.75) is 19.9 Å². The van der Waals surface area contributed by atoms with Gasteiger partial charge in [-0.15, -0.1) is 0 Å². The second-order valence-electron chi connectivity index (χ2n) is 2.87. The Morgan fingerprint density at radius 3 is 1.86 bits per heavy atom. The monoisotopic (exact) mass is 103 g/mol. The van der Waals surface area contributed by atoms with Crippen LogP contribution in [0.3, 0.4) is 0 Å². The summed E-state index contributed by atoms with van der Waals surface area (Å²) < 4.78 is 7.90. The molecule has 0 atom stereocenters. The van der Waals surface area contributed by atoms with Gasteiger partial charge in [0.15, 0.2) is 0 Å². The molecule has 0 heterocycles. The Kier molecular flexibility index (Phi) is 1.33. The van der Waals surface area contributed by atoms with E-state index in [1.54, 1.807) is 0 Å². The Labute approximate surface area is 47.9 Å². The van der Waals surface area contributed by atoms with Crippen molar-refractivity contribution in [1.29, 1.82) is 0 Å². The minimum atomic E-state index is 0.470. The van der Waals surface area contributed by atoms with Gasteiger partial charge in [0.1, 0.15) is 0 Å². The molecule has 0 bridgehead atoms. The van der Waals surface area contributed by atoms with Gasteiger partial charge in [0, 0.05) is 0 Å². The lowest BCUT2D eigenvalue weighted by Crippen LogP contribution is -2.41. The van der Waals surface area contributed by atoms with Gasteiger partial charge in [0.25, 0.3) is 0 Å². The Bertz CT molecular complexity index is 68.9. The Balaban J connectivity index is 3.71. The van der Waals surface area contributed by atoms with E-state index >= 15 is 0 Å². The van der Waals surface area contributed by atoms with Crippen LogP contribution in [0.5, 0.6) is 0 Å². The summed E-state index contributed by atoms with van der Waals surface area (Å²) in [6, 6.07) is 0.562. The molecule has 7 heavy (non-hydrogen) atoms. The summed E-state index contributed by atoms with van der Waals surface area (Å²) in [5.74, 6) is 0. The summed E-state index contributed by atoms with van der Waals surface area (Å²) in [6.07, 6.45) is 0. The van der Waals surface area contributed by atoms with Gasteiger partial charge in [0.05, 0.1) is 28.5 Å². The molecule has 44 valence electrons. The van der Waals surface area contributed by atoms with Crippen molar-refractivity contribution in [3.63, 3.8) is 0 Å². The van der Waals surface area contributed by atoms with E-state index in [-0.39, 0.29) is 0 Å². The van der Waals surface area contributed by atoms with E-state index < -0.39 is 0 Å². The van der Waals surface area contributed by atoms with Crippen LogP contribution >= 0.6 is 0 Å². The van der Waals surface area contributed by atoms with E-state index in [0.717, 1.165) is 4.48 Å². The number of nitrogens with zero attached hydrogens (tertiary/aromatic N) is 1. The fraction of sp³-hybridized carbons (Fsp3) is 1.00. The highest BCUT2D eigenvalue weighted by Crippen LogP contribution is 1.97. The van der Waals surface area contributed by atoms with Crippen molar-refractivity contribution < 1.29 is 5.85 Å². The van der Waals surface area contributed by atoms with Gasteiger partial charge in [-0.3, -0.25) is 0 Å². The first-order chi connectivity index (χ1) is 3.50. The number of hydrogen-bond donors (Lipinski definition) is 0. The molecule has 0 N–H and O–H groups in total. The largest absolute Gasteiger partial charge is 0.329 e. The first kappa shape index (κ1) is 5.10. The quantitative estimate of drug-likeness (QED) is 0.436. The molecule has 0 aromatic rings. The third-order valence-electron chi connectivity index (χ3n) is 1.40. The summed E-state index contributed by atoms with van der Waals surface area (Å²) >= 11 is 0. The van der Waals surface area contributed by atoms with Crippen molar-refractivity contribution in [3.8, 4) is 0 Å². The second-order valence-corrected chi connectivity index (χ2v) is 2.87. The fourth-order valence-corrected chi connectivity index (χ4v) is 0. The Morgan fingerprint density at radius 2 is 1.86 bits per heavy atom. The molecular weight excluding hydrogens is 86.1 g/mol. The lowest BCUT2D eigenvalue weighted by molar-refractivity contribution is -0.891. The average molecular weight is 103 g/mol. The van der Waals surface area contributed by atoms with Crippen molar-refractivity contribution in [2.24, 2.45) is 0 Å². The predicted octanol–water partition coefficient (Wildman–Crippen LogP) is 1.10. The number of quaternary nitrogens is 1. The van der Waals surface area contributed by atoms with E-state index in [1.807, 2.05) is 0 Å². The minimum Gasteiger partial charge on any atom is -0.329 e. The van der Waals surface area contributed by atoms with Gasteiger partial charge < -0.3 is 4.48 Å². The number of rotatable bonds is 1. The second kappa shape index (κ2) is 1.83. The van der Waals surface area contributed by atoms with Gasteiger partial charge in [0.2, 0.25) is 0 Å². The molecule has 0 fully saturated rings. The summed E-state index contributed by atoms with van der Waals surface area (Å²) in [5, 5.41) is 0. The zero-order chi connectivity index (χ0) is 6.78. The van der Waals surface area contributed by atoms with Crippen LogP contribution in [0, 0.1) is 0 Å². The summed E-state index contributed by atoms with van der Waals surface area (Å²) in [5.41, 5.74) is 0. The molecule has 0 rings (SSSR count). The molecule has 0 aliphatic rings. The third kappa shape index (κ3) is 2.63. The normalized spacial score (nSPS) is 14.7. The van der Waals surface area contributed by atoms with Crippen LogP contribution in [0.4, 0.5) is 0 Å². The van der Waals surface area contributed by atoms with Crippen molar-refractivity contribution in [1.82, 2.24) is 0 Å². The van der Waals surface area contributed by atoms with Gasteiger partial charge in [-0.05, 0) is 13.8 Å². The standard InChI is InChI=1S/C6H16N/c1-6(2)7(3,4)5/h6H,1-5H3/q+1/i3D. The van der Waals surface area contributed by atoms with Gasteiger partial charge in [-0.1, -0.05) is 0 Å². The van der Waals surface area contributed by atoms with Crippen LogP contribution in [-0.2, 0) is 0 Å². The third-order valence-corrected chi connectivity index (χ3v) is 1.40. The van der Waals surface area contributed by atoms with Crippen LogP contribution in [0.25, 0.3) is 0 Å². The SMILES string of the molecule is [2H]C[N+](C)(C)C(C)C. The molecule has 0 saturated carbocycles. The molecule has 0 aromatic carbocycles. The highest BCUT2D eigenvalue weighted by molar-refractivity contribution is 4.31. The first-order valence-electron chi connectivity index (χ1n) is 3.33. The molecule has 0 aromatic heterocycles. The molecule has 0 radical (unpaired) electrons. The van der Waals surface area contributed by atoms with E-state index in [1.165, 1.54) is 0 Å². The molecule has 0 spiro atoms. The van der Waals surface area contributed by atoms with Crippen LogP contribution < -0.4 is 0 Å². The maximum Gasteiger partial charge on any atom is 0.0886 e. The van der Waals surface area contributed by atoms with Crippen molar-refractivity contribution in [2.75, 3.05) is 21.1 Å². The van der Waals surface area contributed by atoms with Crippen molar-refractivity contribution in [3.05, 3.63) is 0 Å². The summed E-state index contributed by atoms with van der Waals surface area (Å²) in [6.45, 7) is 4.27. The molecule has 0 amide bonds. The average Bonchev–Trinajstić information content (AvgIpc) is 1.67. The van der Waals surface area contributed by atoms with Gasteiger partial charge >= 0.3 is 0 Å². The Hall–Kier alpha value is -0.0400. The summed E-state index contributed by atoms with van der Waals surface area (Å²) in [7, 11) is 4.60. The minimum absolute atomic E-state index is 0.470. The topological polar surface area (TPSA) is 0 Å². The highest BCUT2D eigenvalue weighted by atomic mass is 15.3. The summed E-state index contributed by atoms with van der Waals surface area (Å²) in [4.78, 5) is 0. The Morgan fingerprint density at radius 1 is 1.43 bits per heavy atom. The fourth-order valence-electron chi connectivity index (χ4n) is 0. The van der Waals surface area contributed by atoms with E-state index in [2.05, 4.69) is 27.9 Å².